The molecule has 0 radical (unpaired) electrons. The van der Waals surface area contributed by atoms with Gasteiger partial charge in [0.1, 0.15) is 10.6 Å². The van der Waals surface area contributed by atoms with Crippen LogP contribution in [0.1, 0.15) is 43.0 Å². The first kappa shape index (κ1) is 21.9. The third-order valence-corrected chi connectivity index (χ3v) is 7.55. The highest BCUT2D eigenvalue weighted by molar-refractivity contribution is 7.99. The van der Waals surface area contributed by atoms with Crippen LogP contribution in [0.2, 0.25) is 0 Å². The Bertz CT molecular complexity index is 1150. The van der Waals surface area contributed by atoms with Crippen LogP contribution in [0.4, 0.5) is 0 Å². The molecule has 6 nitrogen and oxygen atoms in total. The summed E-state index contributed by atoms with van der Waals surface area (Å²) >= 11 is 2.94. The number of aromatic nitrogens is 2. The van der Waals surface area contributed by atoms with Crippen LogP contribution in [0.15, 0.2) is 34.2 Å². The first-order valence-electron chi connectivity index (χ1n) is 10.7. The average Bonchev–Trinajstić information content (AvgIpc) is 2.97. The minimum absolute atomic E-state index is 0.0552. The lowest BCUT2D eigenvalue weighted by Crippen LogP contribution is -2.27. The van der Waals surface area contributed by atoms with Crippen molar-refractivity contribution in [3.05, 3.63) is 45.1 Å². The monoisotopic (exact) mass is 457 g/mol. The fraction of sp³-hybridized carbons (Fsp3) is 0.435. The molecule has 2 aromatic heterocycles. The molecule has 1 aliphatic rings. The molecule has 31 heavy (non-hydrogen) atoms. The molecule has 1 aromatic carbocycles. The minimum atomic E-state index is -0.0610. The van der Waals surface area contributed by atoms with Crippen LogP contribution in [0.25, 0.3) is 15.9 Å². The van der Waals surface area contributed by atoms with Crippen molar-refractivity contribution < 1.29 is 9.53 Å². The molecule has 0 fully saturated rings. The summed E-state index contributed by atoms with van der Waals surface area (Å²) in [5.41, 5.74) is 1.81. The van der Waals surface area contributed by atoms with Crippen molar-refractivity contribution in [2.45, 2.75) is 50.6 Å². The number of carbonyl (C=O) groups is 1. The minimum Gasteiger partial charge on any atom is -0.497 e. The number of nitrogens with zero attached hydrogens (tertiary/aromatic N) is 2. The number of hydrogen-bond acceptors (Lipinski definition) is 6. The quantitative estimate of drug-likeness (QED) is 0.325. The van der Waals surface area contributed by atoms with E-state index in [0.717, 1.165) is 42.3 Å². The van der Waals surface area contributed by atoms with Crippen molar-refractivity contribution >= 4 is 39.2 Å². The van der Waals surface area contributed by atoms with E-state index >= 15 is 0 Å². The van der Waals surface area contributed by atoms with E-state index in [0.29, 0.717) is 23.1 Å². The van der Waals surface area contributed by atoms with Crippen molar-refractivity contribution in [1.29, 1.82) is 0 Å². The summed E-state index contributed by atoms with van der Waals surface area (Å²) in [4.78, 5) is 32.9. The largest absolute Gasteiger partial charge is 0.497 e. The van der Waals surface area contributed by atoms with Gasteiger partial charge in [0.25, 0.3) is 5.56 Å². The normalized spacial score (nSPS) is 13.6. The van der Waals surface area contributed by atoms with Crippen LogP contribution in [-0.2, 0) is 17.6 Å². The first-order valence-corrected chi connectivity index (χ1v) is 12.5. The highest BCUT2D eigenvalue weighted by Gasteiger charge is 2.22. The predicted molar refractivity (Wildman–Crippen MR) is 127 cm³/mol. The third kappa shape index (κ3) is 4.65. The van der Waals surface area contributed by atoms with Crippen molar-refractivity contribution in [2.75, 3.05) is 19.4 Å². The number of fused-ring (bicyclic) bond motifs is 3. The molecule has 0 atom stereocenters. The van der Waals surface area contributed by atoms with Crippen LogP contribution >= 0.6 is 23.1 Å². The van der Waals surface area contributed by atoms with Gasteiger partial charge in [-0.25, -0.2) is 4.98 Å². The van der Waals surface area contributed by atoms with Crippen molar-refractivity contribution in [3.8, 4) is 11.4 Å². The Kier molecular flexibility index (Phi) is 6.97. The van der Waals surface area contributed by atoms with Crippen molar-refractivity contribution in [2.24, 2.45) is 0 Å². The van der Waals surface area contributed by atoms with Gasteiger partial charge in [-0.05, 0) is 49.8 Å². The number of hydrogen-bond donors (Lipinski definition) is 1. The Morgan fingerprint density at radius 1 is 1.29 bits per heavy atom. The topological polar surface area (TPSA) is 73.2 Å². The van der Waals surface area contributed by atoms with Crippen LogP contribution in [0.3, 0.4) is 0 Å². The lowest BCUT2D eigenvalue weighted by molar-refractivity contribution is -0.118. The Balaban J connectivity index is 1.84. The molecule has 0 saturated carbocycles. The molecule has 3 aromatic rings. The maximum absolute atomic E-state index is 13.8. The fourth-order valence-electron chi connectivity index (χ4n) is 3.88. The molecular formula is C23H27N3O3S2. The zero-order chi connectivity index (χ0) is 21.8. The lowest BCUT2D eigenvalue weighted by atomic mass is 10.1. The Hall–Kier alpha value is -2.32. The highest BCUT2D eigenvalue weighted by atomic mass is 32.2. The molecule has 0 saturated heterocycles. The molecule has 0 bridgehead atoms. The number of thiophene rings is 1. The number of rotatable bonds is 7. The van der Waals surface area contributed by atoms with E-state index < -0.39 is 0 Å². The maximum atomic E-state index is 13.8. The molecular weight excluding hydrogens is 430 g/mol. The van der Waals surface area contributed by atoms with Gasteiger partial charge in [0.2, 0.25) is 5.91 Å². The number of carbonyl (C=O) groups excluding carboxylic acids is 1. The SMILES string of the molecule is CCCNC(=O)CSc1nc2sc3c(c2c(=O)n1-c1cccc(OC)c1)CCCCC3. The van der Waals surface area contributed by atoms with E-state index in [1.807, 2.05) is 31.2 Å². The molecule has 164 valence electrons. The van der Waals surface area contributed by atoms with Gasteiger partial charge in [-0.1, -0.05) is 31.2 Å². The van der Waals surface area contributed by atoms with Gasteiger partial charge in [0, 0.05) is 17.5 Å². The lowest BCUT2D eigenvalue weighted by Gasteiger charge is -2.13. The van der Waals surface area contributed by atoms with E-state index in [2.05, 4.69) is 5.32 Å². The van der Waals surface area contributed by atoms with Crippen LogP contribution in [0, 0.1) is 0 Å². The zero-order valence-electron chi connectivity index (χ0n) is 17.9. The highest BCUT2D eigenvalue weighted by Crippen LogP contribution is 2.34. The fourth-order valence-corrected chi connectivity index (χ4v) is 6.03. The molecule has 4 rings (SSSR count). The second kappa shape index (κ2) is 9.87. The number of methoxy groups -OCH3 is 1. The number of aryl methyl sites for hydroxylation is 2. The zero-order valence-corrected chi connectivity index (χ0v) is 19.5. The van der Waals surface area contributed by atoms with Crippen molar-refractivity contribution in [3.63, 3.8) is 0 Å². The van der Waals surface area contributed by atoms with E-state index in [1.165, 1.54) is 28.6 Å². The molecule has 1 amide bonds. The van der Waals surface area contributed by atoms with E-state index in [4.69, 9.17) is 9.72 Å². The molecule has 1 N–H and O–H groups in total. The number of thioether (sulfide) groups is 1. The van der Waals surface area contributed by atoms with Gasteiger partial charge in [-0.3, -0.25) is 14.2 Å². The Labute approximate surface area is 190 Å². The predicted octanol–water partition coefficient (Wildman–Crippen LogP) is 4.34. The summed E-state index contributed by atoms with van der Waals surface area (Å²) in [7, 11) is 1.61. The number of benzene rings is 1. The van der Waals surface area contributed by atoms with Crippen LogP contribution < -0.4 is 15.6 Å². The summed E-state index contributed by atoms with van der Waals surface area (Å²) in [6.07, 6.45) is 6.28. The molecule has 1 aliphatic carbocycles. The van der Waals surface area contributed by atoms with Gasteiger partial charge in [0.15, 0.2) is 5.16 Å². The Morgan fingerprint density at radius 2 is 2.13 bits per heavy atom. The molecule has 8 heteroatoms. The van der Waals surface area contributed by atoms with Gasteiger partial charge in [0.05, 0.1) is 23.9 Å². The molecule has 2 heterocycles. The second-order valence-electron chi connectivity index (χ2n) is 7.62. The smallest absolute Gasteiger partial charge is 0.267 e. The Morgan fingerprint density at radius 3 is 2.94 bits per heavy atom. The van der Waals surface area contributed by atoms with E-state index in [1.54, 1.807) is 23.0 Å². The second-order valence-corrected chi connectivity index (χ2v) is 9.65. The van der Waals surface area contributed by atoms with Crippen LogP contribution in [0.5, 0.6) is 5.75 Å². The number of amides is 1. The number of ether oxygens (including phenoxy) is 1. The van der Waals surface area contributed by atoms with Crippen molar-refractivity contribution in [1.82, 2.24) is 14.9 Å². The summed E-state index contributed by atoms with van der Waals surface area (Å²) in [5.74, 6) is 0.832. The standard InChI is InChI=1S/C23H27N3O3S2/c1-3-12-24-19(27)14-30-23-25-21-20(17-10-5-4-6-11-18(17)31-21)22(28)26(23)15-8-7-9-16(13-15)29-2/h7-9,13H,3-6,10-12,14H2,1-2H3,(H,24,27). The molecule has 0 spiro atoms. The molecule has 0 unspecified atom stereocenters. The van der Waals surface area contributed by atoms with E-state index in [9.17, 15) is 9.59 Å². The summed E-state index contributed by atoms with van der Waals surface area (Å²) in [6.45, 7) is 2.66. The number of nitrogens with one attached hydrogen (secondary N) is 1. The van der Waals surface area contributed by atoms with Crippen LogP contribution in [-0.4, -0.2) is 34.9 Å². The summed E-state index contributed by atoms with van der Waals surface area (Å²) in [5, 5.41) is 4.16. The molecule has 0 aliphatic heterocycles. The van der Waals surface area contributed by atoms with E-state index in [-0.39, 0.29) is 17.2 Å². The summed E-state index contributed by atoms with van der Waals surface area (Å²) < 4.78 is 7.01. The van der Waals surface area contributed by atoms with Gasteiger partial charge >= 0.3 is 0 Å². The third-order valence-electron chi connectivity index (χ3n) is 5.42. The average molecular weight is 458 g/mol. The summed E-state index contributed by atoms with van der Waals surface area (Å²) in [6, 6.07) is 7.42. The maximum Gasteiger partial charge on any atom is 0.267 e. The van der Waals surface area contributed by atoms with Gasteiger partial charge in [-0.2, -0.15) is 0 Å². The van der Waals surface area contributed by atoms with Gasteiger partial charge < -0.3 is 10.1 Å². The first-order chi connectivity index (χ1) is 15.1. The van der Waals surface area contributed by atoms with Gasteiger partial charge in [-0.15, -0.1) is 11.3 Å².